The molecular formula is C23H22N2O3S. The summed E-state index contributed by atoms with van der Waals surface area (Å²) in [7, 11) is 1.59. The molecule has 0 aliphatic carbocycles. The second-order valence-electron chi connectivity index (χ2n) is 6.44. The van der Waals surface area contributed by atoms with Gasteiger partial charge in [-0.15, -0.1) is 18.3 Å². The summed E-state index contributed by atoms with van der Waals surface area (Å²) in [5.74, 6) is 1.36. The Morgan fingerprint density at radius 1 is 1.28 bits per heavy atom. The maximum absolute atomic E-state index is 12.3. The van der Waals surface area contributed by atoms with Gasteiger partial charge in [-0.2, -0.15) is 5.26 Å². The minimum Gasteiger partial charge on any atom is -0.493 e. The van der Waals surface area contributed by atoms with Crippen molar-refractivity contribution in [1.82, 2.24) is 5.32 Å². The first-order valence-corrected chi connectivity index (χ1v) is 10.2. The van der Waals surface area contributed by atoms with Crippen LogP contribution in [0.25, 0.3) is 0 Å². The highest BCUT2D eigenvalue weighted by atomic mass is 32.2. The maximum atomic E-state index is 12.3. The summed E-state index contributed by atoms with van der Waals surface area (Å²) >= 11 is 1.40. The molecule has 1 amide bonds. The first-order valence-electron chi connectivity index (χ1n) is 9.18. The molecule has 0 radical (unpaired) electrons. The highest BCUT2D eigenvalue weighted by molar-refractivity contribution is 8.03. The number of carbonyl (C=O) groups excluding carboxylic acids is 1. The topological polar surface area (TPSA) is 71.3 Å². The first kappa shape index (κ1) is 20.6. The smallest absolute Gasteiger partial charge is 0.225 e. The van der Waals surface area contributed by atoms with Gasteiger partial charge in [0.25, 0.3) is 0 Å². The number of carbonyl (C=O) groups is 1. The molecule has 1 aliphatic heterocycles. The lowest BCUT2D eigenvalue weighted by Crippen LogP contribution is -2.30. The Morgan fingerprint density at radius 3 is 2.76 bits per heavy atom. The van der Waals surface area contributed by atoms with Crippen LogP contribution in [0.2, 0.25) is 0 Å². The Labute approximate surface area is 175 Å². The average Bonchev–Trinajstić information content (AvgIpc) is 2.76. The molecule has 0 fully saturated rings. The third-order valence-corrected chi connectivity index (χ3v) is 5.54. The third-order valence-electron chi connectivity index (χ3n) is 4.53. The zero-order valence-electron chi connectivity index (χ0n) is 16.2. The predicted molar refractivity (Wildman–Crippen MR) is 115 cm³/mol. The molecule has 29 heavy (non-hydrogen) atoms. The highest BCUT2D eigenvalue weighted by Gasteiger charge is 2.30. The van der Waals surface area contributed by atoms with Crippen molar-refractivity contribution in [2.45, 2.75) is 18.9 Å². The standard InChI is InChI=1S/C23H22N2O3S/c1-3-11-29-23-19(14-24)18(13-22(26)25-23)17-9-10-20(27-2)21(12-17)28-15-16-7-5-4-6-8-16/h3-10,12,18H,1,11,13,15H2,2H3,(H,25,26). The monoisotopic (exact) mass is 406 g/mol. The van der Waals surface area contributed by atoms with Crippen LogP contribution in [-0.2, 0) is 11.4 Å². The van der Waals surface area contributed by atoms with Crippen LogP contribution in [0.15, 0.2) is 71.8 Å². The summed E-state index contributed by atoms with van der Waals surface area (Å²) in [5.41, 5.74) is 2.44. The highest BCUT2D eigenvalue weighted by Crippen LogP contribution is 2.39. The van der Waals surface area contributed by atoms with Crippen LogP contribution in [-0.4, -0.2) is 18.8 Å². The van der Waals surface area contributed by atoms with Gasteiger partial charge in [-0.3, -0.25) is 4.79 Å². The molecule has 5 nitrogen and oxygen atoms in total. The quantitative estimate of drug-likeness (QED) is 0.652. The van der Waals surface area contributed by atoms with Crippen LogP contribution in [0.5, 0.6) is 11.5 Å². The van der Waals surface area contributed by atoms with E-state index in [0.29, 0.717) is 34.5 Å². The van der Waals surface area contributed by atoms with Crippen molar-refractivity contribution in [3.05, 3.63) is 82.9 Å². The number of thioether (sulfide) groups is 1. The summed E-state index contributed by atoms with van der Waals surface area (Å²) in [6.07, 6.45) is 1.96. The Bertz CT molecular complexity index is 964. The first-order chi connectivity index (χ1) is 14.2. The van der Waals surface area contributed by atoms with Gasteiger partial charge in [0.1, 0.15) is 6.61 Å². The SMILES string of the molecule is C=CCSC1=C(C#N)C(c2ccc(OC)c(OCc3ccccc3)c2)CC(=O)N1. The van der Waals surface area contributed by atoms with E-state index in [1.54, 1.807) is 13.2 Å². The van der Waals surface area contributed by atoms with Gasteiger partial charge in [0.15, 0.2) is 11.5 Å². The van der Waals surface area contributed by atoms with Crippen molar-refractivity contribution in [2.75, 3.05) is 12.9 Å². The lowest BCUT2D eigenvalue weighted by Gasteiger charge is -2.25. The molecule has 1 aliphatic rings. The van der Waals surface area contributed by atoms with Crippen molar-refractivity contribution < 1.29 is 14.3 Å². The molecule has 6 heteroatoms. The van der Waals surface area contributed by atoms with Gasteiger partial charge in [-0.05, 0) is 23.3 Å². The summed E-state index contributed by atoms with van der Waals surface area (Å²) in [6.45, 7) is 4.09. The Hall–Kier alpha value is -3.17. The molecule has 0 bridgehead atoms. The van der Waals surface area contributed by atoms with E-state index in [4.69, 9.17) is 9.47 Å². The van der Waals surface area contributed by atoms with Gasteiger partial charge in [-0.1, -0.05) is 42.5 Å². The normalized spacial score (nSPS) is 16.0. The molecule has 0 spiro atoms. The molecule has 1 unspecified atom stereocenters. The summed E-state index contributed by atoms with van der Waals surface area (Å²) in [5, 5.41) is 13.2. The van der Waals surface area contributed by atoms with Crippen LogP contribution in [0.3, 0.4) is 0 Å². The molecule has 148 valence electrons. The van der Waals surface area contributed by atoms with E-state index >= 15 is 0 Å². The van der Waals surface area contributed by atoms with E-state index in [9.17, 15) is 10.1 Å². The number of nitrogens with one attached hydrogen (secondary N) is 1. The van der Waals surface area contributed by atoms with Gasteiger partial charge in [0.2, 0.25) is 5.91 Å². The van der Waals surface area contributed by atoms with Crippen molar-refractivity contribution in [3.8, 4) is 17.6 Å². The number of amides is 1. The van der Waals surface area contributed by atoms with E-state index in [-0.39, 0.29) is 18.2 Å². The van der Waals surface area contributed by atoms with Crippen LogP contribution in [0.1, 0.15) is 23.5 Å². The fourth-order valence-electron chi connectivity index (χ4n) is 3.12. The Balaban J connectivity index is 1.91. The summed E-state index contributed by atoms with van der Waals surface area (Å²) in [6, 6.07) is 17.7. The summed E-state index contributed by atoms with van der Waals surface area (Å²) in [4.78, 5) is 12.3. The Kier molecular flexibility index (Phi) is 6.99. The van der Waals surface area contributed by atoms with E-state index < -0.39 is 0 Å². The third kappa shape index (κ3) is 5.01. The fourth-order valence-corrected chi connectivity index (χ4v) is 3.93. The number of hydrogen-bond acceptors (Lipinski definition) is 5. The van der Waals surface area contributed by atoms with Crippen molar-refractivity contribution in [3.63, 3.8) is 0 Å². The van der Waals surface area contributed by atoms with Gasteiger partial charge >= 0.3 is 0 Å². The number of benzene rings is 2. The lowest BCUT2D eigenvalue weighted by molar-refractivity contribution is -0.120. The number of ether oxygens (including phenoxy) is 2. The van der Waals surface area contributed by atoms with Crippen molar-refractivity contribution in [2.24, 2.45) is 0 Å². The Morgan fingerprint density at radius 2 is 2.07 bits per heavy atom. The largest absolute Gasteiger partial charge is 0.493 e. The predicted octanol–water partition coefficient (Wildman–Crippen LogP) is 4.53. The van der Waals surface area contributed by atoms with Crippen LogP contribution in [0, 0.1) is 11.3 Å². The zero-order valence-corrected chi connectivity index (χ0v) is 17.0. The second-order valence-corrected chi connectivity index (χ2v) is 7.47. The van der Waals surface area contributed by atoms with Crippen LogP contribution < -0.4 is 14.8 Å². The van der Waals surface area contributed by atoms with E-state index in [0.717, 1.165) is 11.1 Å². The van der Waals surface area contributed by atoms with E-state index in [1.165, 1.54) is 11.8 Å². The number of hydrogen-bond donors (Lipinski definition) is 1. The van der Waals surface area contributed by atoms with Gasteiger partial charge < -0.3 is 14.8 Å². The number of rotatable bonds is 8. The second kappa shape index (κ2) is 9.85. The average molecular weight is 407 g/mol. The van der Waals surface area contributed by atoms with Gasteiger partial charge in [0, 0.05) is 18.1 Å². The van der Waals surface area contributed by atoms with Gasteiger partial charge in [-0.25, -0.2) is 0 Å². The number of nitriles is 1. The molecule has 0 saturated carbocycles. The molecular weight excluding hydrogens is 384 g/mol. The molecule has 2 aromatic carbocycles. The van der Waals surface area contributed by atoms with E-state index in [2.05, 4.69) is 18.0 Å². The summed E-state index contributed by atoms with van der Waals surface area (Å²) < 4.78 is 11.4. The fraction of sp³-hybridized carbons (Fsp3) is 0.217. The van der Waals surface area contributed by atoms with Crippen LogP contribution in [0.4, 0.5) is 0 Å². The van der Waals surface area contributed by atoms with Gasteiger partial charge in [0.05, 0.1) is 23.8 Å². The molecule has 1 N–H and O–H groups in total. The molecule has 2 aromatic rings. The maximum Gasteiger partial charge on any atom is 0.225 e. The lowest BCUT2D eigenvalue weighted by atomic mass is 9.87. The molecule has 0 saturated heterocycles. The minimum atomic E-state index is -0.328. The molecule has 3 rings (SSSR count). The minimum absolute atomic E-state index is 0.108. The van der Waals surface area contributed by atoms with Crippen molar-refractivity contribution >= 4 is 17.7 Å². The molecule has 1 atom stereocenters. The molecule has 1 heterocycles. The number of methoxy groups -OCH3 is 1. The van der Waals surface area contributed by atoms with Crippen molar-refractivity contribution in [1.29, 1.82) is 5.26 Å². The number of allylic oxidation sites excluding steroid dienone is 1. The van der Waals surface area contributed by atoms with Crippen LogP contribution >= 0.6 is 11.8 Å². The van der Waals surface area contributed by atoms with E-state index in [1.807, 2.05) is 48.5 Å². The zero-order chi connectivity index (χ0) is 20.6. The number of nitrogens with zero attached hydrogens (tertiary/aromatic N) is 1. The molecule has 0 aromatic heterocycles.